The Kier molecular flexibility index (Phi) is 4.37. The van der Waals surface area contributed by atoms with Crippen molar-refractivity contribution in [2.45, 2.75) is 44.9 Å². The Balaban J connectivity index is 2.01. The average Bonchev–Trinajstić information content (AvgIpc) is 2.41. The van der Waals surface area contributed by atoms with E-state index in [0.717, 1.165) is 5.69 Å². The van der Waals surface area contributed by atoms with Gasteiger partial charge in [0.2, 0.25) is 5.88 Å². The van der Waals surface area contributed by atoms with Gasteiger partial charge in [-0.15, -0.1) is 5.92 Å². The molecule has 3 nitrogen and oxygen atoms in total. The zero-order valence-electron chi connectivity index (χ0n) is 10.3. The fourth-order valence-electron chi connectivity index (χ4n) is 2.24. The molecule has 1 heterocycles. The van der Waals surface area contributed by atoms with E-state index in [1.165, 1.54) is 32.1 Å². The maximum atomic E-state index is 5.45. The van der Waals surface area contributed by atoms with Crippen LogP contribution >= 0.6 is 0 Å². The first-order valence-electron chi connectivity index (χ1n) is 6.24. The summed E-state index contributed by atoms with van der Waals surface area (Å²) in [4.78, 5) is 8.47. The first-order valence-corrected chi connectivity index (χ1v) is 6.24. The van der Waals surface area contributed by atoms with E-state index in [-0.39, 0.29) is 0 Å². The highest BCUT2D eigenvalue weighted by Gasteiger charge is 2.17. The average molecular weight is 230 g/mol. The molecular formula is C14H18N2O. The largest absolute Gasteiger partial charge is 0.464 e. The molecule has 1 aliphatic rings. The molecule has 1 aromatic rings. The van der Waals surface area contributed by atoms with Gasteiger partial charge in [-0.25, -0.2) is 9.97 Å². The Morgan fingerprint density at radius 2 is 2.12 bits per heavy atom. The number of nitrogens with zero attached hydrogens (tertiary/aromatic N) is 2. The van der Waals surface area contributed by atoms with Crippen molar-refractivity contribution in [3.63, 3.8) is 0 Å². The summed E-state index contributed by atoms with van der Waals surface area (Å²) in [7, 11) is 0. The molecule has 0 atom stereocenters. The van der Waals surface area contributed by atoms with Crippen LogP contribution in [0.2, 0.25) is 0 Å². The van der Waals surface area contributed by atoms with Crippen LogP contribution in [0.1, 0.15) is 50.6 Å². The Morgan fingerprint density at radius 3 is 2.88 bits per heavy atom. The van der Waals surface area contributed by atoms with E-state index in [0.29, 0.717) is 18.4 Å². The molecule has 1 aromatic heterocycles. The van der Waals surface area contributed by atoms with Gasteiger partial charge in [0.05, 0.1) is 5.69 Å². The van der Waals surface area contributed by atoms with Crippen LogP contribution in [0.3, 0.4) is 0 Å². The lowest BCUT2D eigenvalue weighted by molar-refractivity contribution is 0.351. The summed E-state index contributed by atoms with van der Waals surface area (Å²) in [5.41, 5.74) is 1.12. The highest BCUT2D eigenvalue weighted by molar-refractivity contribution is 5.18. The highest BCUT2D eigenvalue weighted by Crippen LogP contribution is 2.32. The van der Waals surface area contributed by atoms with Crippen molar-refractivity contribution in [2.75, 3.05) is 6.61 Å². The Labute approximate surface area is 103 Å². The molecule has 0 spiro atoms. The van der Waals surface area contributed by atoms with Gasteiger partial charge in [0.15, 0.2) is 6.61 Å². The SMILES string of the molecule is CC#CCOc1cc(C2CCCCC2)ncn1. The lowest BCUT2D eigenvalue weighted by Gasteiger charge is -2.20. The molecule has 90 valence electrons. The van der Waals surface area contributed by atoms with Crippen LogP contribution in [0.25, 0.3) is 0 Å². The fraction of sp³-hybridized carbons (Fsp3) is 0.571. The van der Waals surface area contributed by atoms with Crippen LogP contribution in [0.5, 0.6) is 5.88 Å². The summed E-state index contributed by atoms with van der Waals surface area (Å²) in [6, 6.07) is 1.97. The smallest absolute Gasteiger partial charge is 0.217 e. The Hall–Kier alpha value is -1.56. The fourth-order valence-corrected chi connectivity index (χ4v) is 2.24. The monoisotopic (exact) mass is 230 g/mol. The molecule has 0 amide bonds. The predicted octanol–water partition coefficient (Wildman–Crippen LogP) is 2.93. The summed E-state index contributed by atoms with van der Waals surface area (Å²) in [5, 5.41) is 0. The number of hydrogen-bond donors (Lipinski definition) is 0. The van der Waals surface area contributed by atoms with Crippen molar-refractivity contribution in [1.29, 1.82) is 0 Å². The molecule has 0 unspecified atom stereocenters. The minimum Gasteiger partial charge on any atom is -0.464 e. The topological polar surface area (TPSA) is 35.0 Å². The molecule has 1 saturated carbocycles. The molecule has 0 N–H and O–H groups in total. The van der Waals surface area contributed by atoms with Gasteiger partial charge in [0.1, 0.15) is 6.33 Å². The Morgan fingerprint density at radius 1 is 1.29 bits per heavy atom. The van der Waals surface area contributed by atoms with Crippen molar-refractivity contribution in [2.24, 2.45) is 0 Å². The lowest BCUT2D eigenvalue weighted by atomic mass is 9.87. The summed E-state index contributed by atoms with van der Waals surface area (Å²) in [6.07, 6.45) is 8.06. The molecule has 0 aromatic carbocycles. The zero-order chi connectivity index (χ0) is 11.9. The predicted molar refractivity (Wildman–Crippen MR) is 66.8 cm³/mol. The quantitative estimate of drug-likeness (QED) is 0.749. The third-order valence-electron chi connectivity index (χ3n) is 3.16. The van der Waals surface area contributed by atoms with E-state index in [9.17, 15) is 0 Å². The van der Waals surface area contributed by atoms with E-state index < -0.39 is 0 Å². The molecule has 1 aliphatic carbocycles. The molecule has 3 heteroatoms. The third-order valence-corrected chi connectivity index (χ3v) is 3.16. The Bertz CT molecular complexity index is 414. The first kappa shape index (κ1) is 11.9. The van der Waals surface area contributed by atoms with Crippen molar-refractivity contribution >= 4 is 0 Å². The van der Waals surface area contributed by atoms with Gasteiger partial charge >= 0.3 is 0 Å². The molecule has 0 aliphatic heterocycles. The standard InChI is InChI=1S/C14H18N2O/c1-2-3-9-17-14-10-13(15-11-16-14)12-7-5-4-6-8-12/h10-12H,4-9H2,1H3. The van der Waals surface area contributed by atoms with Gasteiger partial charge in [-0.2, -0.15) is 0 Å². The third kappa shape index (κ3) is 3.45. The second kappa shape index (κ2) is 6.24. The van der Waals surface area contributed by atoms with Crippen LogP contribution in [0, 0.1) is 11.8 Å². The molecular weight excluding hydrogens is 212 g/mol. The maximum Gasteiger partial charge on any atom is 0.217 e. The van der Waals surface area contributed by atoms with Crippen LogP contribution < -0.4 is 4.74 Å². The minimum absolute atomic E-state index is 0.400. The van der Waals surface area contributed by atoms with Crippen LogP contribution in [0.15, 0.2) is 12.4 Å². The van der Waals surface area contributed by atoms with E-state index in [1.807, 2.05) is 6.07 Å². The second-order valence-electron chi connectivity index (χ2n) is 4.33. The molecule has 0 saturated heterocycles. The van der Waals surface area contributed by atoms with E-state index in [2.05, 4.69) is 21.8 Å². The van der Waals surface area contributed by atoms with Crippen LogP contribution in [-0.4, -0.2) is 16.6 Å². The highest BCUT2D eigenvalue weighted by atomic mass is 16.5. The number of ether oxygens (including phenoxy) is 1. The summed E-state index contributed by atoms with van der Waals surface area (Å²) in [5.74, 6) is 6.89. The zero-order valence-corrected chi connectivity index (χ0v) is 10.3. The summed E-state index contributed by atoms with van der Waals surface area (Å²) >= 11 is 0. The van der Waals surface area contributed by atoms with Crippen molar-refractivity contribution in [3.05, 3.63) is 18.1 Å². The molecule has 2 rings (SSSR count). The van der Waals surface area contributed by atoms with Crippen molar-refractivity contribution in [1.82, 2.24) is 9.97 Å². The molecule has 17 heavy (non-hydrogen) atoms. The number of hydrogen-bond acceptors (Lipinski definition) is 3. The van der Waals surface area contributed by atoms with Crippen molar-refractivity contribution < 1.29 is 4.74 Å². The second-order valence-corrected chi connectivity index (χ2v) is 4.33. The lowest BCUT2D eigenvalue weighted by Crippen LogP contribution is -2.07. The van der Waals surface area contributed by atoms with Gasteiger partial charge in [0, 0.05) is 12.0 Å². The minimum atomic E-state index is 0.400. The van der Waals surface area contributed by atoms with Gasteiger partial charge in [0.25, 0.3) is 0 Å². The molecule has 0 radical (unpaired) electrons. The summed E-state index contributed by atoms with van der Waals surface area (Å²) < 4.78 is 5.45. The van der Waals surface area contributed by atoms with Crippen LogP contribution in [-0.2, 0) is 0 Å². The van der Waals surface area contributed by atoms with Gasteiger partial charge in [-0.3, -0.25) is 0 Å². The number of aromatic nitrogens is 2. The van der Waals surface area contributed by atoms with Gasteiger partial charge < -0.3 is 4.74 Å². The first-order chi connectivity index (χ1) is 8.40. The maximum absolute atomic E-state index is 5.45. The van der Waals surface area contributed by atoms with E-state index in [1.54, 1.807) is 13.3 Å². The van der Waals surface area contributed by atoms with Gasteiger partial charge in [-0.1, -0.05) is 25.2 Å². The summed E-state index contributed by atoms with van der Waals surface area (Å²) in [6.45, 7) is 2.20. The normalized spacial score (nSPS) is 16.1. The van der Waals surface area contributed by atoms with E-state index >= 15 is 0 Å². The van der Waals surface area contributed by atoms with Gasteiger partial charge in [-0.05, 0) is 19.8 Å². The van der Waals surface area contributed by atoms with Crippen LogP contribution in [0.4, 0.5) is 0 Å². The van der Waals surface area contributed by atoms with Crippen molar-refractivity contribution in [3.8, 4) is 17.7 Å². The van der Waals surface area contributed by atoms with E-state index in [4.69, 9.17) is 4.74 Å². The molecule has 1 fully saturated rings. The molecule has 0 bridgehead atoms. The number of rotatable bonds is 3.